The van der Waals surface area contributed by atoms with Crippen LogP contribution in [0.15, 0.2) is 48.7 Å². The highest BCUT2D eigenvalue weighted by molar-refractivity contribution is 5.83. The van der Waals surface area contributed by atoms with Gasteiger partial charge in [-0.15, -0.1) is 0 Å². The molecule has 2 heterocycles. The number of pyridine rings is 1. The minimum absolute atomic E-state index is 0.199. The van der Waals surface area contributed by atoms with Crippen LogP contribution in [0.3, 0.4) is 0 Å². The Morgan fingerprint density at radius 1 is 1.21 bits per heavy atom. The average Bonchev–Trinajstić information content (AvgIpc) is 2.68. The summed E-state index contributed by atoms with van der Waals surface area (Å²) in [6.45, 7) is 1.30. The number of rotatable bonds is 3. The summed E-state index contributed by atoms with van der Waals surface area (Å²) in [6, 6.07) is 15.5. The van der Waals surface area contributed by atoms with Gasteiger partial charge in [0.05, 0.1) is 18.1 Å². The number of aromatic nitrogens is 1. The van der Waals surface area contributed by atoms with Crippen molar-refractivity contribution in [3.63, 3.8) is 0 Å². The van der Waals surface area contributed by atoms with Crippen molar-refractivity contribution in [1.82, 2.24) is 4.98 Å². The predicted octanol–water partition coefficient (Wildman–Crippen LogP) is 2.66. The van der Waals surface area contributed by atoms with Gasteiger partial charge in [-0.1, -0.05) is 30.3 Å². The fourth-order valence-electron chi connectivity index (χ4n) is 3.40. The number of benzene rings is 1. The Morgan fingerprint density at radius 2 is 1.92 bits per heavy atom. The van der Waals surface area contributed by atoms with Crippen molar-refractivity contribution >= 4 is 11.8 Å². The molecule has 5 heteroatoms. The number of anilines is 1. The van der Waals surface area contributed by atoms with Crippen molar-refractivity contribution < 1.29 is 9.53 Å². The Hall–Kier alpha value is -2.87. The summed E-state index contributed by atoms with van der Waals surface area (Å²) in [5.41, 5.74) is 0.912. The normalized spacial score (nSPS) is 16.2. The maximum absolute atomic E-state index is 12.5. The van der Waals surface area contributed by atoms with Gasteiger partial charge in [0.15, 0.2) is 0 Å². The van der Waals surface area contributed by atoms with E-state index in [-0.39, 0.29) is 5.97 Å². The predicted molar refractivity (Wildman–Crippen MR) is 90.5 cm³/mol. The van der Waals surface area contributed by atoms with E-state index in [2.05, 4.69) is 16.0 Å². The standard InChI is InChI=1S/C19H19N3O2/c1-24-18(23)19(16-7-3-2-4-8-16)9-12-22(13-10-19)17-15(14-20)6-5-11-21-17/h2-8,11H,9-10,12-13H2,1H3. The smallest absolute Gasteiger partial charge is 0.316 e. The number of ether oxygens (including phenoxy) is 1. The Kier molecular flexibility index (Phi) is 4.48. The molecule has 0 unspecified atom stereocenters. The molecule has 0 amide bonds. The van der Waals surface area contributed by atoms with Crippen molar-refractivity contribution in [3.8, 4) is 6.07 Å². The summed E-state index contributed by atoms with van der Waals surface area (Å²) in [6.07, 6.45) is 2.95. The lowest BCUT2D eigenvalue weighted by molar-refractivity contribution is -0.148. The van der Waals surface area contributed by atoms with Crippen LogP contribution in [-0.2, 0) is 14.9 Å². The molecular formula is C19H19N3O2. The Balaban J connectivity index is 1.88. The van der Waals surface area contributed by atoms with Gasteiger partial charge in [0.25, 0.3) is 0 Å². The molecule has 0 saturated carbocycles. The first kappa shape index (κ1) is 16.0. The molecule has 1 saturated heterocycles. The van der Waals surface area contributed by atoms with Crippen molar-refractivity contribution in [3.05, 3.63) is 59.8 Å². The Labute approximate surface area is 141 Å². The number of methoxy groups -OCH3 is 1. The van der Waals surface area contributed by atoms with Crippen LogP contribution in [0.4, 0.5) is 5.82 Å². The maximum atomic E-state index is 12.5. The van der Waals surface area contributed by atoms with Crippen molar-refractivity contribution in [1.29, 1.82) is 5.26 Å². The van der Waals surface area contributed by atoms with Gasteiger partial charge in [0.2, 0.25) is 0 Å². The summed E-state index contributed by atoms with van der Waals surface area (Å²) in [4.78, 5) is 19.0. The fraction of sp³-hybridized carbons (Fsp3) is 0.316. The molecule has 5 nitrogen and oxygen atoms in total. The molecule has 0 bridgehead atoms. The molecule has 24 heavy (non-hydrogen) atoms. The van der Waals surface area contributed by atoms with Gasteiger partial charge in [0.1, 0.15) is 11.9 Å². The van der Waals surface area contributed by atoms with Crippen LogP contribution in [0.25, 0.3) is 0 Å². The molecule has 1 fully saturated rings. The summed E-state index contributed by atoms with van der Waals surface area (Å²) in [7, 11) is 1.44. The summed E-state index contributed by atoms with van der Waals surface area (Å²) in [5, 5.41) is 9.27. The van der Waals surface area contributed by atoms with Gasteiger partial charge >= 0.3 is 5.97 Å². The van der Waals surface area contributed by atoms with Crippen LogP contribution in [-0.4, -0.2) is 31.2 Å². The number of nitrogens with zero attached hydrogens (tertiary/aromatic N) is 3. The third-order valence-corrected chi connectivity index (χ3v) is 4.73. The topological polar surface area (TPSA) is 66.2 Å². The van der Waals surface area contributed by atoms with Crippen LogP contribution in [0.1, 0.15) is 24.0 Å². The van der Waals surface area contributed by atoms with Crippen LogP contribution in [0.5, 0.6) is 0 Å². The highest BCUT2D eigenvalue weighted by atomic mass is 16.5. The highest BCUT2D eigenvalue weighted by Crippen LogP contribution is 2.38. The van der Waals surface area contributed by atoms with E-state index in [1.54, 1.807) is 18.3 Å². The van der Waals surface area contributed by atoms with Gasteiger partial charge < -0.3 is 9.64 Å². The third-order valence-electron chi connectivity index (χ3n) is 4.73. The van der Waals surface area contributed by atoms with E-state index in [4.69, 9.17) is 4.74 Å². The number of piperidine rings is 1. The highest BCUT2D eigenvalue weighted by Gasteiger charge is 2.44. The van der Waals surface area contributed by atoms with E-state index in [9.17, 15) is 10.1 Å². The number of hydrogen-bond acceptors (Lipinski definition) is 5. The zero-order chi connectivity index (χ0) is 17.0. The van der Waals surface area contributed by atoms with Crippen LogP contribution < -0.4 is 4.90 Å². The molecule has 0 aliphatic carbocycles. The number of carbonyl (C=O) groups is 1. The number of esters is 1. The van der Waals surface area contributed by atoms with Crippen molar-refractivity contribution in [2.75, 3.05) is 25.1 Å². The van der Waals surface area contributed by atoms with E-state index in [1.807, 2.05) is 30.3 Å². The minimum atomic E-state index is -0.631. The molecule has 0 N–H and O–H groups in total. The zero-order valence-electron chi connectivity index (χ0n) is 13.6. The monoisotopic (exact) mass is 321 g/mol. The lowest BCUT2D eigenvalue weighted by Gasteiger charge is -2.40. The van der Waals surface area contributed by atoms with E-state index >= 15 is 0 Å². The van der Waals surface area contributed by atoms with Crippen LogP contribution >= 0.6 is 0 Å². The van der Waals surface area contributed by atoms with E-state index in [0.29, 0.717) is 37.3 Å². The van der Waals surface area contributed by atoms with Crippen molar-refractivity contribution in [2.45, 2.75) is 18.3 Å². The molecule has 122 valence electrons. The molecule has 0 spiro atoms. The molecular weight excluding hydrogens is 302 g/mol. The second kappa shape index (κ2) is 6.71. The average molecular weight is 321 g/mol. The second-order valence-corrected chi connectivity index (χ2v) is 5.91. The molecule has 1 aliphatic heterocycles. The quantitative estimate of drug-likeness (QED) is 0.813. The third kappa shape index (κ3) is 2.71. The van der Waals surface area contributed by atoms with Crippen LogP contribution in [0.2, 0.25) is 0 Å². The van der Waals surface area contributed by atoms with Gasteiger partial charge in [-0.05, 0) is 30.5 Å². The SMILES string of the molecule is COC(=O)C1(c2ccccc2)CCN(c2ncccc2C#N)CC1. The van der Waals surface area contributed by atoms with Gasteiger partial charge in [0, 0.05) is 19.3 Å². The van der Waals surface area contributed by atoms with E-state index in [1.165, 1.54) is 7.11 Å². The first-order valence-corrected chi connectivity index (χ1v) is 7.95. The Morgan fingerprint density at radius 3 is 2.54 bits per heavy atom. The largest absolute Gasteiger partial charge is 0.468 e. The molecule has 0 radical (unpaired) electrons. The molecule has 1 aliphatic rings. The maximum Gasteiger partial charge on any atom is 0.316 e. The molecule has 2 aromatic rings. The lowest BCUT2D eigenvalue weighted by atomic mass is 9.72. The first-order valence-electron chi connectivity index (χ1n) is 7.95. The molecule has 1 aromatic carbocycles. The Bertz CT molecular complexity index is 760. The summed E-state index contributed by atoms with van der Waals surface area (Å²) >= 11 is 0. The molecule has 1 aromatic heterocycles. The number of hydrogen-bond donors (Lipinski definition) is 0. The van der Waals surface area contributed by atoms with E-state index in [0.717, 1.165) is 5.56 Å². The lowest BCUT2D eigenvalue weighted by Crippen LogP contribution is -2.48. The minimum Gasteiger partial charge on any atom is -0.468 e. The molecule has 0 atom stereocenters. The first-order chi connectivity index (χ1) is 11.7. The van der Waals surface area contributed by atoms with E-state index < -0.39 is 5.41 Å². The summed E-state index contributed by atoms with van der Waals surface area (Å²) < 4.78 is 5.11. The second-order valence-electron chi connectivity index (χ2n) is 5.91. The fourth-order valence-corrected chi connectivity index (χ4v) is 3.40. The number of carbonyl (C=O) groups excluding carboxylic acids is 1. The summed E-state index contributed by atoms with van der Waals surface area (Å²) in [5.74, 6) is 0.487. The van der Waals surface area contributed by atoms with Crippen molar-refractivity contribution in [2.24, 2.45) is 0 Å². The molecule has 3 rings (SSSR count). The van der Waals surface area contributed by atoms with Gasteiger partial charge in [-0.2, -0.15) is 5.26 Å². The number of nitriles is 1. The zero-order valence-corrected chi connectivity index (χ0v) is 13.6. The van der Waals surface area contributed by atoms with Gasteiger partial charge in [-0.3, -0.25) is 4.79 Å². The van der Waals surface area contributed by atoms with Gasteiger partial charge in [-0.25, -0.2) is 4.98 Å². The van der Waals surface area contributed by atoms with Crippen LogP contribution in [0, 0.1) is 11.3 Å².